The highest BCUT2D eigenvalue weighted by atomic mass is 16.6. The standard InChI is InChI=1S/C11H15NO/c1-3-9(2)11(13-12)10-7-5-4-6-8-10/h3-9,11H,1,12H2,2H3/t9-,11-/m0/s1. The molecule has 0 radical (unpaired) electrons. The van der Waals surface area contributed by atoms with Crippen LogP contribution >= 0.6 is 0 Å². The minimum Gasteiger partial charge on any atom is -0.296 e. The monoisotopic (exact) mass is 177 g/mol. The Hall–Kier alpha value is -1.12. The Bertz CT molecular complexity index is 258. The molecule has 0 aliphatic rings. The lowest BCUT2D eigenvalue weighted by Crippen LogP contribution is -2.15. The van der Waals surface area contributed by atoms with Crippen LogP contribution in [0.5, 0.6) is 0 Å². The van der Waals surface area contributed by atoms with Crippen LogP contribution in [-0.4, -0.2) is 0 Å². The van der Waals surface area contributed by atoms with E-state index in [1.807, 2.05) is 43.3 Å². The van der Waals surface area contributed by atoms with E-state index in [1.165, 1.54) is 0 Å². The van der Waals surface area contributed by atoms with Gasteiger partial charge in [0.2, 0.25) is 0 Å². The Labute approximate surface area is 79.0 Å². The average Bonchev–Trinajstić information content (AvgIpc) is 2.20. The van der Waals surface area contributed by atoms with Gasteiger partial charge in [0.25, 0.3) is 0 Å². The molecule has 0 saturated heterocycles. The van der Waals surface area contributed by atoms with Crippen molar-refractivity contribution >= 4 is 0 Å². The number of rotatable bonds is 4. The fraction of sp³-hybridized carbons (Fsp3) is 0.273. The maximum absolute atomic E-state index is 5.23. The molecule has 70 valence electrons. The summed E-state index contributed by atoms with van der Waals surface area (Å²) in [6.07, 6.45) is 1.74. The molecule has 0 unspecified atom stereocenters. The van der Waals surface area contributed by atoms with Crippen molar-refractivity contribution in [2.45, 2.75) is 13.0 Å². The second-order valence-corrected chi connectivity index (χ2v) is 3.06. The predicted octanol–water partition coefficient (Wildman–Crippen LogP) is 2.44. The summed E-state index contributed by atoms with van der Waals surface area (Å²) in [5.41, 5.74) is 1.08. The van der Waals surface area contributed by atoms with Crippen LogP contribution in [0.3, 0.4) is 0 Å². The summed E-state index contributed by atoms with van der Waals surface area (Å²) in [5.74, 6) is 5.45. The van der Waals surface area contributed by atoms with E-state index in [9.17, 15) is 0 Å². The Morgan fingerprint density at radius 1 is 1.38 bits per heavy atom. The van der Waals surface area contributed by atoms with Crippen LogP contribution in [0.25, 0.3) is 0 Å². The van der Waals surface area contributed by atoms with Crippen molar-refractivity contribution in [3.05, 3.63) is 48.6 Å². The minimum absolute atomic E-state index is 0.0984. The van der Waals surface area contributed by atoms with Crippen molar-refractivity contribution in [1.29, 1.82) is 0 Å². The molecule has 0 fully saturated rings. The maximum Gasteiger partial charge on any atom is 0.110 e. The number of nitrogens with two attached hydrogens (primary N) is 1. The molecule has 0 aliphatic carbocycles. The van der Waals surface area contributed by atoms with Crippen LogP contribution in [0.1, 0.15) is 18.6 Å². The first-order valence-corrected chi connectivity index (χ1v) is 4.32. The van der Waals surface area contributed by atoms with E-state index in [-0.39, 0.29) is 12.0 Å². The van der Waals surface area contributed by atoms with Crippen LogP contribution in [-0.2, 0) is 4.84 Å². The number of hydrogen-bond donors (Lipinski definition) is 1. The predicted molar refractivity (Wildman–Crippen MR) is 53.8 cm³/mol. The summed E-state index contributed by atoms with van der Waals surface area (Å²) < 4.78 is 0. The number of benzene rings is 1. The molecule has 1 rings (SSSR count). The fourth-order valence-electron chi connectivity index (χ4n) is 1.27. The summed E-state index contributed by atoms with van der Waals surface area (Å²) in [5, 5.41) is 0. The van der Waals surface area contributed by atoms with E-state index >= 15 is 0 Å². The molecule has 2 heteroatoms. The Morgan fingerprint density at radius 3 is 2.46 bits per heavy atom. The molecule has 0 aliphatic heterocycles. The Kier molecular flexibility index (Phi) is 3.68. The third kappa shape index (κ3) is 2.41. The van der Waals surface area contributed by atoms with Gasteiger partial charge in [-0.25, -0.2) is 5.90 Å². The highest BCUT2D eigenvalue weighted by Crippen LogP contribution is 2.24. The summed E-state index contributed by atoms with van der Waals surface area (Å²) in [4.78, 5) is 4.92. The first kappa shape index (κ1) is 9.96. The topological polar surface area (TPSA) is 35.2 Å². The quantitative estimate of drug-likeness (QED) is 0.566. The van der Waals surface area contributed by atoms with Crippen molar-refractivity contribution in [2.24, 2.45) is 11.8 Å². The van der Waals surface area contributed by atoms with Gasteiger partial charge in [0.15, 0.2) is 0 Å². The van der Waals surface area contributed by atoms with E-state index in [0.29, 0.717) is 0 Å². The third-order valence-electron chi connectivity index (χ3n) is 2.12. The molecule has 0 aromatic heterocycles. The summed E-state index contributed by atoms with van der Waals surface area (Å²) in [6, 6.07) is 9.90. The smallest absolute Gasteiger partial charge is 0.110 e. The molecule has 2 nitrogen and oxygen atoms in total. The molecule has 0 heterocycles. The maximum atomic E-state index is 5.23. The van der Waals surface area contributed by atoms with E-state index in [0.717, 1.165) is 5.56 Å². The van der Waals surface area contributed by atoms with E-state index in [4.69, 9.17) is 10.7 Å². The molecule has 2 N–H and O–H groups in total. The first-order chi connectivity index (χ1) is 6.29. The highest BCUT2D eigenvalue weighted by Gasteiger charge is 2.15. The van der Waals surface area contributed by atoms with Crippen molar-refractivity contribution < 1.29 is 4.84 Å². The molecule has 0 bridgehead atoms. The zero-order valence-electron chi connectivity index (χ0n) is 7.81. The second kappa shape index (κ2) is 4.80. The largest absolute Gasteiger partial charge is 0.296 e. The van der Waals surface area contributed by atoms with Gasteiger partial charge in [-0.15, -0.1) is 6.58 Å². The van der Waals surface area contributed by atoms with Gasteiger partial charge in [-0.3, -0.25) is 4.84 Å². The van der Waals surface area contributed by atoms with Gasteiger partial charge in [-0.1, -0.05) is 43.3 Å². The molecule has 1 aromatic rings. The van der Waals surface area contributed by atoms with Crippen LogP contribution in [0, 0.1) is 5.92 Å². The summed E-state index contributed by atoms with van der Waals surface area (Å²) in [7, 11) is 0. The van der Waals surface area contributed by atoms with Gasteiger partial charge in [0, 0.05) is 5.92 Å². The lowest BCUT2D eigenvalue weighted by Gasteiger charge is -2.18. The number of hydrogen-bond acceptors (Lipinski definition) is 2. The lowest BCUT2D eigenvalue weighted by atomic mass is 9.98. The third-order valence-corrected chi connectivity index (χ3v) is 2.12. The molecule has 2 atom stereocenters. The van der Waals surface area contributed by atoms with Crippen molar-refractivity contribution in [1.82, 2.24) is 0 Å². The minimum atomic E-state index is -0.0984. The average molecular weight is 177 g/mol. The SMILES string of the molecule is C=C[C@H](C)[C@H](ON)c1ccccc1. The fourth-order valence-corrected chi connectivity index (χ4v) is 1.27. The van der Waals surface area contributed by atoms with Gasteiger partial charge in [0.05, 0.1) is 0 Å². The molecule has 0 saturated carbocycles. The van der Waals surface area contributed by atoms with E-state index in [1.54, 1.807) is 0 Å². The molecule has 1 aromatic carbocycles. The highest BCUT2D eigenvalue weighted by molar-refractivity contribution is 5.19. The normalized spacial score (nSPS) is 14.9. The van der Waals surface area contributed by atoms with Crippen LogP contribution < -0.4 is 5.90 Å². The summed E-state index contributed by atoms with van der Waals surface area (Å²) in [6.45, 7) is 5.74. The Morgan fingerprint density at radius 2 is 2.00 bits per heavy atom. The second-order valence-electron chi connectivity index (χ2n) is 3.06. The zero-order chi connectivity index (χ0) is 9.68. The van der Waals surface area contributed by atoms with Gasteiger partial charge in [-0.2, -0.15) is 0 Å². The molecule has 0 amide bonds. The van der Waals surface area contributed by atoms with Crippen molar-refractivity contribution in [3.8, 4) is 0 Å². The van der Waals surface area contributed by atoms with E-state index in [2.05, 4.69) is 6.58 Å². The first-order valence-electron chi connectivity index (χ1n) is 4.32. The van der Waals surface area contributed by atoms with Crippen molar-refractivity contribution in [2.75, 3.05) is 0 Å². The van der Waals surface area contributed by atoms with E-state index < -0.39 is 0 Å². The van der Waals surface area contributed by atoms with Crippen LogP contribution in [0.2, 0.25) is 0 Å². The van der Waals surface area contributed by atoms with Crippen LogP contribution in [0.15, 0.2) is 43.0 Å². The molecule has 0 spiro atoms. The van der Waals surface area contributed by atoms with Crippen molar-refractivity contribution in [3.63, 3.8) is 0 Å². The van der Waals surface area contributed by atoms with Gasteiger partial charge >= 0.3 is 0 Å². The van der Waals surface area contributed by atoms with Crippen LogP contribution in [0.4, 0.5) is 0 Å². The van der Waals surface area contributed by atoms with Gasteiger partial charge in [-0.05, 0) is 5.56 Å². The molecule has 13 heavy (non-hydrogen) atoms. The van der Waals surface area contributed by atoms with Gasteiger partial charge < -0.3 is 0 Å². The lowest BCUT2D eigenvalue weighted by molar-refractivity contribution is 0.0282. The molecular formula is C11H15NO. The summed E-state index contributed by atoms with van der Waals surface area (Å²) >= 11 is 0. The molecular weight excluding hydrogens is 162 g/mol. The van der Waals surface area contributed by atoms with Gasteiger partial charge in [0.1, 0.15) is 6.10 Å². The zero-order valence-corrected chi connectivity index (χ0v) is 7.81. The Balaban J connectivity index is 2.84.